The number of anilines is 1. The van der Waals surface area contributed by atoms with Crippen molar-refractivity contribution in [1.29, 1.82) is 0 Å². The summed E-state index contributed by atoms with van der Waals surface area (Å²) in [4.78, 5) is 2.37. The van der Waals surface area contributed by atoms with E-state index in [-0.39, 0.29) is 6.04 Å². The van der Waals surface area contributed by atoms with Gasteiger partial charge in [0.25, 0.3) is 0 Å². The predicted molar refractivity (Wildman–Crippen MR) is 79.3 cm³/mol. The van der Waals surface area contributed by atoms with Gasteiger partial charge in [-0.3, -0.25) is 0 Å². The van der Waals surface area contributed by atoms with E-state index in [1.54, 1.807) is 0 Å². The first kappa shape index (κ1) is 13.7. The van der Waals surface area contributed by atoms with Crippen LogP contribution < -0.4 is 10.6 Å². The zero-order chi connectivity index (χ0) is 13.1. The molecular formula is C15H23ClN2. The van der Waals surface area contributed by atoms with Gasteiger partial charge in [-0.15, -0.1) is 0 Å². The van der Waals surface area contributed by atoms with E-state index in [1.165, 1.54) is 37.8 Å². The van der Waals surface area contributed by atoms with Gasteiger partial charge in [-0.1, -0.05) is 36.9 Å². The number of nitrogens with two attached hydrogens (primary N) is 1. The summed E-state index contributed by atoms with van der Waals surface area (Å²) < 4.78 is 0. The van der Waals surface area contributed by atoms with Crippen LogP contribution in [0.1, 0.15) is 50.6 Å². The zero-order valence-electron chi connectivity index (χ0n) is 11.3. The molecule has 100 valence electrons. The molecule has 1 atom stereocenters. The molecule has 0 aromatic heterocycles. The Morgan fingerprint density at radius 2 is 1.94 bits per heavy atom. The maximum Gasteiger partial charge on any atom is 0.0474 e. The highest BCUT2D eigenvalue weighted by Gasteiger charge is 2.19. The van der Waals surface area contributed by atoms with Crippen LogP contribution in [0.15, 0.2) is 18.2 Å². The van der Waals surface area contributed by atoms with E-state index in [9.17, 15) is 0 Å². The Bertz CT molecular complexity index is 397. The van der Waals surface area contributed by atoms with Crippen LogP contribution >= 0.6 is 11.6 Å². The topological polar surface area (TPSA) is 29.3 Å². The second-order valence-corrected chi connectivity index (χ2v) is 5.80. The highest BCUT2D eigenvalue weighted by Crippen LogP contribution is 2.30. The molecule has 18 heavy (non-hydrogen) atoms. The Labute approximate surface area is 115 Å². The summed E-state index contributed by atoms with van der Waals surface area (Å²) in [5.41, 5.74) is 8.12. The van der Waals surface area contributed by atoms with Crippen molar-refractivity contribution in [2.24, 2.45) is 5.73 Å². The summed E-state index contributed by atoms with van der Waals surface area (Å²) in [5, 5.41) is 0.783. The van der Waals surface area contributed by atoms with Crippen LogP contribution in [0.3, 0.4) is 0 Å². The van der Waals surface area contributed by atoms with E-state index in [0.29, 0.717) is 6.04 Å². The quantitative estimate of drug-likeness (QED) is 0.891. The van der Waals surface area contributed by atoms with Crippen LogP contribution in [0.4, 0.5) is 5.69 Å². The number of hydrogen-bond donors (Lipinski definition) is 1. The van der Waals surface area contributed by atoms with E-state index < -0.39 is 0 Å². The molecule has 2 nitrogen and oxygen atoms in total. The van der Waals surface area contributed by atoms with Gasteiger partial charge in [0.1, 0.15) is 0 Å². The molecule has 3 heteroatoms. The molecule has 1 aliphatic rings. The molecule has 0 aliphatic heterocycles. The minimum Gasteiger partial charge on any atom is -0.372 e. The third-order valence-corrected chi connectivity index (χ3v) is 4.33. The molecule has 0 saturated heterocycles. The Morgan fingerprint density at radius 3 is 2.50 bits per heavy atom. The van der Waals surface area contributed by atoms with Gasteiger partial charge in [0.2, 0.25) is 0 Å². The van der Waals surface area contributed by atoms with E-state index in [0.717, 1.165) is 10.6 Å². The monoisotopic (exact) mass is 266 g/mol. The van der Waals surface area contributed by atoms with Crippen molar-refractivity contribution in [2.75, 3.05) is 11.9 Å². The first-order valence-electron chi connectivity index (χ1n) is 6.87. The van der Waals surface area contributed by atoms with E-state index in [2.05, 4.69) is 30.1 Å². The Kier molecular flexibility index (Phi) is 4.52. The smallest absolute Gasteiger partial charge is 0.0474 e. The molecule has 1 aromatic carbocycles. The second-order valence-electron chi connectivity index (χ2n) is 5.40. The molecule has 1 saturated carbocycles. The molecule has 1 fully saturated rings. The SMILES string of the molecule is CC(N)c1ccc(N(C)C2CCCCC2)cc1Cl. The summed E-state index contributed by atoms with van der Waals surface area (Å²) in [6.07, 6.45) is 6.67. The molecule has 0 heterocycles. The molecule has 1 unspecified atom stereocenters. The standard InChI is InChI=1S/C15H23ClN2/c1-11(17)14-9-8-13(10-15(14)16)18(2)12-6-4-3-5-7-12/h8-12H,3-7,17H2,1-2H3. The molecule has 2 N–H and O–H groups in total. The van der Waals surface area contributed by atoms with Crippen molar-refractivity contribution in [1.82, 2.24) is 0 Å². The van der Waals surface area contributed by atoms with E-state index in [1.807, 2.05) is 6.92 Å². The Balaban J connectivity index is 2.15. The average molecular weight is 267 g/mol. The number of halogens is 1. The Morgan fingerprint density at radius 1 is 1.28 bits per heavy atom. The fourth-order valence-corrected chi connectivity index (χ4v) is 3.13. The molecule has 0 radical (unpaired) electrons. The highest BCUT2D eigenvalue weighted by molar-refractivity contribution is 6.31. The highest BCUT2D eigenvalue weighted by atomic mass is 35.5. The maximum absolute atomic E-state index is 6.30. The van der Waals surface area contributed by atoms with Crippen LogP contribution in [0.2, 0.25) is 5.02 Å². The molecular weight excluding hydrogens is 244 g/mol. The van der Waals surface area contributed by atoms with Crippen molar-refractivity contribution in [3.05, 3.63) is 28.8 Å². The second kappa shape index (κ2) is 5.94. The molecule has 1 aliphatic carbocycles. The van der Waals surface area contributed by atoms with E-state index in [4.69, 9.17) is 17.3 Å². The molecule has 0 amide bonds. The zero-order valence-corrected chi connectivity index (χ0v) is 12.1. The van der Waals surface area contributed by atoms with Crippen molar-refractivity contribution >= 4 is 17.3 Å². The van der Waals surface area contributed by atoms with Gasteiger partial charge in [0, 0.05) is 29.8 Å². The maximum atomic E-state index is 6.30. The number of rotatable bonds is 3. The lowest BCUT2D eigenvalue weighted by Crippen LogP contribution is -2.33. The van der Waals surface area contributed by atoms with Gasteiger partial charge in [-0.05, 0) is 37.5 Å². The summed E-state index contributed by atoms with van der Waals surface area (Å²) in [7, 11) is 2.17. The lowest BCUT2D eigenvalue weighted by molar-refractivity contribution is 0.427. The predicted octanol–water partition coefficient (Wildman–Crippen LogP) is 4.13. The largest absolute Gasteiger partial charge is 0.372 e. The van der Waals surface area contributed by atoms with Crippen LogP contribution in [-0.2, 0) is 0 Å². The Hall–Kier alpha value is -0.730. The van der Waals surface area contributed by atoms with Crippen molar-refractivity contribution in [3.8, 4) is 0 Å². The van der Waals surface area contributed by atoms with Crippen LogP contribution in [-0.4, -0.2) is 13.1 Å². The van der Waals surface area contributed by atoms with Crippen molar-refractivity contribution in [2.45, 2.75) is 51.1 Å². The normalized spacial score (nSPS) is 18.7. The third kappa shape index (κ3) is 2.99. The number of nitrogens with zero attached hydrogens (tertiary/aromatic N) is 1. The van der Waals surface area contributed by atoms with Gasteiger partial charge in [0.15, 0.2) is 0 Å². The van der Waals surface area contributed by atoms with Gasteiger partial charge in [-0.2, -0.15) is 0 Å². The summed E-state index contributed by atoms with van der Waals surface area (Å²) in [5.74, 6) is 0. The fourth-order valence-electron chi connectivity index (χ4n) is 2.78. The van der Waals surface area contributed by atoms with Crippen LogP contribution in [0, 0.1) is 0 Å². The lowest BCUT2D eigenvalue weighted by Gasteiger charge is -2.33. The minimum atomic E-state index is -0.00784. The first-order chi connectivity index (χ1) is 8.59. The molecule has 0 spiro atoms. The summed E-state index contributed by atoms with van der Waals surface area (Å²) in [6, 6.07) is 6.90. The van der Waals surface area contributed by atoms with Gasteiger partial charge in [-0.25, -0.2) is 0 Å². The van der Waals surface area contributed by atoms with Gasteiger partial charge < -0.3 is 10.6 Å². The summed E-state index contributed by atoms with van der Waals surface area (Å²) >= 11 is 6.30. The molecule has 1 aromatic rings. The lowest BCUT2D eigenvalue weighted by atomic mass is 9.94. The van der Waals surface area contributed by atoms with Gasteiger partial charge >= 0.3 is 0 Å². The third-order valence-electron chi connectivity index (χ3n) is 4.00. The minimum absolute atomic E-state index is 0.00784. The molecule has 2 rings (SSSR count). The first-order valence-corrected chi connectivity index (χ1v) is 7.25. The van der Waals surface area contributed by atoms with Crippen LogP contribution in [0.25, 0.3) is 0 Å². The number of benzene rings is 1. The van der Waals surface area contributed by atoms with Crippen LogP contribution in [0.5, 0.6) is 0 Å². The van der Waals surface area contributed by atoms with Crippen molar-refractivity contribution < 1.29 is 0 Å². The van der Waals surface area contributed by atoms with E-state index >= 15 is 0 Å². The number of hydrogen-bond acceptors (Lipinski definition) is 2. The summed E-state index contributed by atoms with van der Waals surface area (Å²) in [6.45, 7) is 1.96. The molecule has 0 bridgehead atoms. The van der Waals surface area contributed by atoms with Gasteiger partial charge in [0.05, 0.1) is 0 Å². The fraction of sp³-hybridized carbons (Fsp3) is 0.600. The average Bonchev–Trinajstić information content (AvgIpc) is 2.38. The van der Waals surface area contributed by atoms with Crippen molar-refractivity contribution in [3.63, 3.8) is 0 Å².